The number of carbonyl (C=O) groups is 2. The van der Waals surface area contributed by atoms with Gasteiger partial charge in [-0.2, -0.15) is 0 Å². The number of nitrogens with zero attached hydrogens (tertiary/aromatic N) is 1. The predicted octanol–water partition coefficient (Wildman–Crippen LogP) is 0.849. The Hall–Kier alpha value is -1.73. The van der Waals surface area contributed by atoms with Gasteiger partial charge in [-0.05, 0) is 17.7 Å². The van der Waals surface area contributed by atoms with Gasteiger partial charge < -0.3 is 24.4 Å². The van der Waals surface area contributed by atoms with E-state index in [0.29, 0.717) is 28.6 Å². The largest absolute Gasteiger partial charge is 0.545 e. The molecule has 0 fully saturated rings. The molecule has 0 amide bonds. The Kier molecular flexibility index (Phi) is 3.54. The molecule has 1 aromatic heterocycles. The fourth-order valence-electron chi connectivity index (χ4n) is 2.52. The van der Waals surface area contributed by atoms with Gasteiger partial charge in [-0.3, -0.25) is 0 Å². The second kappa shape index (κ2) is 5.23. The summed E-state index contributed by atoms with van der Waals surface area (Å²) >= 11 is 4.84. The summed E-state index contributed by atoms with van der Waals surface area (Å²) in [5.74, 6) is -2.03. The van der Waals surface area contributed by atoms with E-state index in [1.54, 1.807) is 28.8 Å². The van der Waals surface area contributed by atoms with E-state index in [-0.39, 0.29) is 11.1 Å². The van der Waals surface area contributed by atoms with Crippen molar-refractivity contribution in [1.29, 1.82) is 0 Å². The van der Waals surface area contributed by atoms with Gasteiger partial charge in [-0.15, -0.1) is 11.8 Å². The maximum atomic E-state index is 11.5. The van der Waals surface area contributed by atoms with Crippen LogP contribution < -0.4 is 10.2 Å². The molecule has 0 N–H and O–H groups in total. The summed E-state index contributed by atoms with van der Waals surface area (Å²) in [7, 11) is 0. The van der Waals surface area contributed by atoms with E-state index in [4.69, 9.17) is 0 Å². The molecule has 0 spiro atoms. The van der Waals surface area contributed by atoms with Crippen LogP contribution in [0.2, 0.25) is 0 Å². The van der Waals surface area contributed by atoms with Gasteiger partial charge in [-0.25, -0.2) is 0 Å². The fraction of sp³-hybridized carbons (Fsp3) is 0.143. The first-order chi connectivity index (χ1) is 10.0. The van der Waals surface area contributed by atoms with Crippen LogP contribution in [0.3, 0.4) is 0 Å². The molecule has 0 aliphatic carbocycles. The Labute approximate surface area is 132 Å². The Bertz CT molecular complexity index is 751. The maximum Gasteiger partial charge on any atom is 0.0743 e. The molecule has 1 aliphatic heterocycles. The van der Waals surface area contributed by atoms with Crippen LogP contribution in [0, 0.1) is 0 Å². The third kappa shape index (κ3) is 2.26. The van der Waals surface area contributed by atoms with Crippen LogP contribution >= 0.6 is 27.7 Å². The fourth-order valence-corrected chi connectivity index (χ4v) is 3.84. The predicted molar refractivity (Wildman–Crippen MR) is 77.5 cm³/mol. The molecule has 1 aliphatic rings. The molecule has 0 saturated carbocycles. The third-order valence-electron chi connectivity index (χ3n) is 3.36. The molecule has 0 unspecified atom stereocenters. The normalized spacial score (nSPS) is 13.2. The highest BCUT2D eigenvalue weighted by atomic mass is 79.9. The Morgan fingerprint density at radius 1 is 1.10 bits per heavy atom. The van der Waals surface area contributed by atoms with Crippen LogP contribution in [0.4, 0.5) is 0 Å². The number of carboxylic acid groups (broad SMARTS) is 2. The van der Waals surface area contributed by atoms with Crippen molar-refractivity contribution in [3.63, 3.8) is 0 Å². The van der Waals surface area contributed by atoms with E-state index in [1.165, 1.54) is 11.8 Å². The van der Waals surface area contributed by atoms with Crippen molar-refractivity contribution in [3.05, 3.63) is 45.6 Å². The molecule has 2 heterocycles. The number of carbonyl (C=O) groups excluding carboxylic acids is 2. The third-order valence-corrected chi connectivity index (χ3v) is 4.80. The van der Waals surface area contributed by atoms with E-state index < -0.39 is 11.9 Å². The number of hydrogen-bond donors (Lipinski definition) is 0. The second-order valence-electron chi connectivity index (χ2n) is 4.53. The molecule has 0 atom stereocenters. The topological polar surface area (TPSA) is 85.2 Å². The van der Waals surface area contributed by atoms with Crippen molar-refractivity contribution in [1.82, 2.24) is 4.57 Å². The van der Waals surface area contributed by atoms with Crippen molar-refractivity contribution < 1.29 is 19.8 Å². The Morgan fingerprint density at radius 3 is 2.29 bits per heavy atom. The standard InChI is InChI=1S/C14H10BrNO4S/c15-8-3-1-7(2-4-8)12-11(14(19)20)10(13(17)18)9-5-21-6-16(9)12/h1-4H,5-6H2,(H,17,18)(H,19,20)/p-2. The summed E-state index contributed by atoms with van der Waals surface area (Å²) < 4.78 is 2.56. The van der Waals surface area contributed by atoms with Crippen LogP contribution in [0.15, 0.2) is 28.7 Å². The molecule has 0 radical (unpaired) electrons. The number of halogens is 1. The number of aromatic carboxylic acids is 2. The summed E-state index contributed by atoms with van der Waals surface area (Å²) in [5, 5.41) is 22.8. The number of benzene rings is 1. The molecule has 108 valence electrons. The molecule has 5 nitrogen and oxygen atoms in total. The SMILES string of the molecule is O=C([O-])c1c(C(=O)[O-])c(-c2ccc(Br)cc2)n2c1CSC2. The lowest BCUT2D eigenvalue weighted by atomic mass is 10.0. The Morgan fingerprint density at radius 2 is 1.71 bits per heavy atom. The first-order valence-corrected chi connectivity index (χ1v) is 7.97. The number of fused-ring (bicyclic) bond motifs is 1. The summed E-state index contributed by atoms with van der Waals surface area (Å²) in [6, 6.07) is 7.02. The van der Waals surface area contributed by atoms with Crippen LogP contribution in [0.5, 0.6) is 0 Å². The molecule has 2 aromatic rings. The smallest absolute Gasteiger partial charge is 0.0743 e. The number of hydrogen-bond acceptors (Lipinski definition) is 5. The minimum absolute atomic E-state index is 0.266. The number of carboxylic acids is 2. The Balaban J connectivity index is 2.33. The van der Waals surface area contributed by atoms with Crippen molar-refractivity contribution in [2.24, 2.45) is 0 Å². The van der Waals surface area contributed by atoms with E-state index in [9.17, 15) is 19.8 Å². The van der Waals surface area contributed by atoms with Crippen molar-refractivity contribution in [2.75, 3.05) is 0 Å². The summed E-state index contributed by atoms with van der Waals surface area (Å²) in [5.41, 5.74) is 0.901. The van der Waals surface area contributed by atoms with E-state index in [0.717, 1.165) is 4.47 Å². The first-order valence-electron chi connectivity index (χ1n) is 6.02. The minimum atomic E-state index is -1.50. The zero-order chi connectivity index (χ0) is 15.1. The average Bonchev–Trinajstić information content (AvgIpc) is 2.98. The summed E-state index contributed by atoms with van der Waals surface area (Å²) in [4.78, 5) is 22.8. The molecule has 1 aromatic carbocycles. The molecular weight excluding hydrogens is 358 g/mol. The monoisotopic (exact) mass is 365 g/mol. The van der Waals surface area contributed by atoms with Crippen molar-refractivity contribution >= 4 is 39.6 Å². The van der Waals surface area contributed by atoms with Crippen molar-refractivity contribution in [2.45, 2.75) is 11.6 Å². The van der Waals surface area contributed by atoms with Gasteiger partial charge in [0, 0.05) is 27.0 Å². The van der Waals surface area contributed by atoms with E-state index >= 15 is 0 Å². The van der Waals surface area contributed by atoms with Gasteiger partial charge in [0.1, 0.15) is 0 Å². The number of aromatic nitrogens is 1. The van der Waals surface area contributed by atoms with Crippen LogP contribution in [-0.4, -0.2) is 16.5 Å². The molecule has 7 heteroatoms. The quantitative estimate of drug-likeness (QED) is 0.804. The molecule has 21 heavy (non-hydrogen) atoms. The second-order valence-corrected chi connectivity index (χ2v) is 6.40. The van der Waals surface area contributed by atoms with Gasteiger partial charge in [0.2, 0.25) is 0 Å². The minimum Gasteiger partial charge on any atom is -0.545 e. The van der Waals surface area contributed by atoms with Gasteiger partial charge in [0.25, 0.3) is 0 Å². The average molecular weight is 366 g/mol. The lowest BCUT2D eigenvalue weighted by Gasteiger charge is -2.12. The lowest BCUT2D eigenvalue weighted by Crippen LogP contribution is -2.30. The number of thioether (sulfide) groups is 1. The van der Waals surface area contributed by atoms with E-state index in [2.05, 4.69) is 15.9 Å². The molecular formula is C14H8BrNO4S-2. The van der Waals surface area contributed by atoms with Crippen LogP contribution in [0.1, 0.15) is 26.4 Å². The highest BCUT2D eigenvalue weighted by Gasteiger charge is 2.27. The molecule has 3 rings (SSSR count). The molecule has 0 saturated heterocycles. The van der Waals surface area contributed by atoms with Gasteiger partial charge in [0.05, 0.1) is 23.5 Å². The highest BCUT2D eigenvalue weighted by molar-refractivity contribution is 9.10. The lowest BCUT2D eigenvalue weighted by molar-refractivity contribution is -0.259. The van der Waals surface area contributed by atoms with Crippen molar-refractivity contribution in [3.8, 4) is 11.3 Å². The van der Waals surface area contributed by atoms with E-state index in [1.807, 2.05) is 0 Å². The maximum absolute atomic E-state index is 11.5. The number of rotatable bonds is 3. The van der Waals surface area contributed by atoms with Gasteiger partial charge >= 0.3 is 0 Å². The summed E-state index contributed by atoms with van der Waals surface area (Å²) in [6.07, 6.45) is 0. The van der Waals surface area contributed by atoms with Crippen LogP contribution in [-0.2, 0) is 11.6 Å². The zero-order valence-electron chi connectivity index (χ0n) is 10.6. The van der Waals surface area contributed by atoms with Gasteiger partial charge in [-0.1, -0.05) is 28.1 Å². The van der Waals surface area contributed by atoms with Crippen LogP contribution in [0.25, 0.3) is 11.3 Å². The highest BCUT2D eigenvalue weighted by Crippen LogP contribution is 2.38. The summed E-state index contributed by atoms with van der Waals surface area (Å²) in [6.45, 7) is 0. The zero-order valence-corrected chi connectivity index (χ0v) is 13.0. The molecule has 0 bridgehead atoms. The van der Waals surface area contributed by atoms with Gasteiger partial charge in [0.15, 0.2) is 0 Å². The first kappa shape index (κ1) is 14.2.